The summed E-state index contributed by atoms with van der Waals surface area (Å²) in [7, 11) is 0. The third-order valence-corrected chi connectivity index (χ3v) is 10.5. The van der Waals surface area contributed by atoms with Crippen LogP contribution in [0.1, 0.15) is 181 Å². The molecule has 0 spiro atoms. The molecule has 0 aromatic rings. The fraction of sp³-hybridized carbons (Fsp3) is 0.884. The maximum absolute atomic E-state index is 13.0. The van der Waals surface area contributed by atoms with Gasteiger partial charge in [0.15, 0.2) is 6.29 Å². The minimum atomic E-state index is -1.61. The summed E-state index contributed by atoms with van der Waals surface area (Å²) < 4.78 is 11.1. The first-order valence-corrected chi connectivity index (χ1v) is 21.6. The summed E-state index contributed by atoms with van der Waals surface area (Å²) in [5, 5.41) is 64.6. The Bertz CT molecular complexity index is 929. The van der Waals surface area contributed by atoms with Gasteiger partial charge in [0.25, 0.3) is 0 Å². The third-order valence-electron chi connectivity index (χ3n) is 10.5. The van der Waals surface area contributed by atoms with Gasteiger partial charge in [0.1, 0.15) is 30.5 Å². The van der Waals surface area contributed by atoms with E-state index in [0.29, 0.717) is 19.3 Å². The molecule has 1 amide bonds. The topological polar surface area (TPSA) is 169 Å². The molecular weight excluding hydrogens is 674 g/mol. The first-order valence-electron chi connectivity index (χ1n) is 21.6. The van der Waals surface area contributed by atoms with Crippen LogP contribution in [0, 0.1) is 0 Å². The lowest BCUT2D eigenvalue weighted by molar-refractivity contribution is -0.302. The van der Waals surface area contributed by atoms with Gasteiger partial charge in [0, 0.05) is 0 Å². The SMILES string of the molecule is CCCCCCCCCCCCCCCC[C@@H](O)C(=O)N[C@@H](CO[C@@H]1O[C@H](CO)[C@@H](O)[C@H](O)[C@H]1O)[C@H](O)C=CCCC=C(C)CCCCCCCCC. The van der Waals surface area contributed by atoms with Gasteiger partial charge < -0.3 is 45.4 Å². The largest absolute Gasteiger partial charge is 0.394 e. The molecule has 10 nitrogen and oxygen atoms in total. The van der Waals surface area contributed by atoms with Crippen molar-refractivity contribution < 1.29 is 44.9 Å². The Hall–Kier alpha value is -1.37. The molecule has 10 heteroatoms. The van der Waals surface area contributed by atoms with Crippen LogP contribution in [0.25, 0.3) is 0 Å². The fourth-order valence-corrected chi connectivity index (χ4v) is 6.83. The number of ether oxygens (including phenoxy) is 2. The second kappa shape index (κ2) is 32.8. The maximum Gasteiger partial charge on any atom is 0.249 e. The number of hydrogen-bond donors (Lipinski definition) is 7. The monoisotopic (exact) mass is 756 g/mol. The molecule has 1 heterocycles. The van der Waals surface area contributed by atoms with E-state index in [2.05, 4.69) is 32.2 Å². The quantitative estimate of drug-likeness (QED) is 0.0263. The summed E-state index contributed by atoms with van der Waals surface area (Å²) in [4.78, 5) is 13.0. The lowest BCUT2D eigenvalue weighted by atomic mass is 9.99. The van der Waals surface area contributed by atoms with Crippen molar-refractivity contribution in [2.45, 2.75) is 230 Å². The highest BCUT2D eigenvalue weighted by Gasteiger charge is 2.44. The lowest BCUT2D eigenvalue weighted by Gasteiger charge is -2.40. The van der Waals surface area contributed by atoms with Gasteiger partial charge in [-0.15, -0.1) is 0 Å². The lowest BCUT2D eigenvalue weighted by Crippen LogP contribution is -2.60. The van der Waals surface area contributed by atoms with Gasteiger partial charge in [0.05, 0.1) is 25.4 Å². The molecule has 0 aromatic heterocycles. The van der Waals surface area contributed by atoms with Crippen molar-refractivity contribution in [2.75, 3.05) is 13.2 Å². The molecule has 0 saturated carbocycles. The molecule has 1 aliphatic rings. The van der Waals surface area contributed by atoms with Gasteiger partial charge in [0.2, 0.25) is 5.91 Å². The predicted molar refractivity (Wildman–Crippen MR) is 213 cm³/mol. The van der Waals surface area contributed by atoms with Crippen molar-refractivity contribution >= 4 is 5.91 Å². The Morgan fingerprint density at radius 3 is 1.75 bits per heavy atom. The molecule has 1 saturated heterocycles. The van der Waals surface area contributed by atoms with Gasteiger partial charge in [-0.3, -0.25) is 4.79 Å². The maximum atomic E-state index is 13.0. The summed E-state index contributed by atoms with van der Waals surface area (Å²) in [5.74, 6) is -0.626. The molecule has 1 fully saturated rings. The van der Waals surface area contributed by atoms with Crippen molar-refractivity contribution in [2.24, 2.45) is 0 Å². The summed E-state index contributed by atoms with van der Waals surface area (Å²) in [6.45, 7) is 5.72. The number of amides is 1. The number of unbranched alkanes of at least 4 members (excludes halogenated alkanes) is 20. The van der Waals surface area contributed by atoms with Crippen molar-refractivity contribution in [3.05, 3.63) is 23.8 Å². The predicted octanol–water partition coefficient (Wildman–Crippen LogP) is 7.30. The number of rotatable bonds is 34. The summed E-state index contributed by atoms with van der Waals surface area (Å²) in [5.41, 5.74) is 1.36. The van der Waals surface area contributed by atoms with Crippen LogP contribution >= 0.6 is 0 Å². The van der Waals surface area contributed by atoms with E-state index in [1.807, 2.05) is 6.08 Å². The molecular formula is C43H81NO9. The van der Waals surface area contributed by atoms with Crippen molar-refractivity contribution in [1.29, 1.82) is 0 Å². The van der Waals surface area contributed by atoms with Crippen LogP contribution in [-0.2, 0) is 14.3 Å². The molecule has 312 valence electrons. The fourth-order valence-electron chi connectivity index (χ4n) is 6.83. The standard InChI is InChI=1S/C43H81NO9/c1-4-6-8-10-12-13-14-15-16-17-18-20-22-26-31-37(47)42(51)44-35(33-52-43-41(50)40(49)39(48)38(32-45)53-43)36(46)30-27-23-25-29-34(3)28-24-21-19-11-9-7-5-2/h27,29-30,35-41,43,45-50H,4-26,28,31-33H2,1-3H3,(H,44,51)/t35-,36+,37+,38+,39+,40-,41+,43+/m0/s1. The zero-order chi connectivity index (χ0) is 39.1. The number of allylic oxidation sites excluding steroid dienone is 3. The zero-order valence-electron chi connectivity index (χ0n) is 33.9. The number of aliphatic hydroxyl groups excluding tert-OH is 6. The zero-order valence-corrected chi connectivity index (χ0v) is 33.9. The molecule has 1 rings (SSSR count). The Morgan fingerprint density at radius 2 is 1.23 bits per heavy atom. The van der Waals surface area contributed by atoms with Crippen LogP contribution < -0.4 is 5.32 Å². The highest BCUT2D eigenvalue weighted by molar-refractivity contribution is 5.80. The van der Waals surface area contributed by atoms with Crippen molar-refractivity contribution in [3.8, 4) is 0 Å². The number of aliphatic hydroxyl groups is 6. The van der Waals surface area contributed by atoms with E-state index in [9.17, 15) is 35.4 Å². The van der Waals surface area contributed by atoms with Gasteiger partial charge >= 0.3 is 0 Å². The second-order valence-electron chi connectivity index (χ2n) is 15.5. The highest BCUT2D eigenvalue weighted by atomic mass is 16.7. The van der Waals surface area contributed by atoms with Gasteiger partial charge in [-0.05, 0) is 39.0 Å². The van der Waals surface area contributed by atoms with Crippen LogP contribution in [0.4, 0.5) is 0 Å². The molecule has 8 atom stereocenters. The van der Waals surface area contributed by atoms with E-state index < -0.39 is 61.5 Å². The molecule has 0 aliphatic carbocycles. The van der Waals surface area contributed by atoms with Crippen LogP contribution in [0.5, 0.6) is 0 Å². The van der Waals surface area contributed by atoms with E-state index in [0.717, 1.165) is 32.1 Å². The average molecular weight is 756 g/mol. The van der Waals surface area contributed by atoms with Crippen molar-refractivity contribution in [1.82, 2.24) is 5.32 Å². The smallest absolute Gasteiger partial charge is 0.249 e. The Labute approximate surface area is 322 Å². The van der Waals surface area contributed by atoms with E-state index in [1.165, 1.54) is 115 Å². The summed E-state index contributed by atoms with van der Waals surface area (Å²) in [6.07, 6.45) is 24.9. The minimum absolute atomic E-state index is 0.306. The normalized spacial score (nSPS) is 22.7. The first kappa shape index (κ1) is 49.6. The van der Waals surface area contributed by atoms with Gasteiger partial charge in [-0.1, -0.05) is 166 Å². The molecule has 7 N–H and O–H groups in total. The van der Waals surface area contributed by atoms with E-state index >= 15 is 0 Å². The van der Waals surface area contributed by atoms with Crippen molar-refractivity contribution in [3.63, 3.8) is 0 Å². The summed E-state index contributed by atoms with van der Waals surface area (Å²) in [6, 6.07) is -0.994. The summed E-state index contributed by atoms with van der Waals surface area (Å²) >= 11 is 0. The van der Waals surface area contributed by atoms with E-state index in [4.69, 9.17) is 9.47 Å². The minimum Gasteiger partial charge on any atom is -0.394 e. The van der Waals surface area contributed by atoms with E-state index in [-0.39, 0.29) is 6.61 Å². The van der Waals surface area contributed by atoms with Gasteiger partial charge in [-0.2, -0.15) is 0 Å². The van der Waals surface area contributed by atoms with E-state index in [1.54, 1.807) is 6.08 Å². The molecule has 0 aromatic carbocycles. The number of hydrogen-bond acceptors (Lipinski definition) is 9. The average Bonchev–Trinajstić information content (AvgIpc) is 3.15. The molecule has 0 unspecified atom stereocenters. The number of carbonyl (C=O) groups is 1. The van der Waals surface area contributed by atoms with Crippen LogP contribution in [0.15, 0.2) is 23.8 Å². The highest BCUT2D eigenvalue weighted by Crippen LogP contribution is 2.23. The molecule has 53 heavy (non-hydrogen) atoms. The second-order valence-corrected chi connectivity index (χ2v) is 15.5. The van der Waals surface area contributed by atoms with Crippen LogP contribution in [0.2, 0.25) is 0 Å². The number of carbonyl (C=O) groups excluding carboxylic acids is 1. The van der Waals surface area contributed by atoms with Crippen LogP contribution in [-0.4, -0.2) is 98.7 Å². The third kappa shape index (κ3) is 24.0. The molecule has 0 radical (unpaired) electrons. The van der Waals surface area contributed by atoms with Gasteiger partial charge in [-0.25, -0.2) is 0 Å². The Kier molecular flexibility index (Phi) is 30.8. The molecule has 0 bridgehead atoms. The molecule has 1 aliphatic heterocycles. The Balaban J connectivity index is 2.54. The first-order chi connectivity index (χ1) is 25.7. The number of nitrogens with one attached hydrogen (secondary N) is 1. The van der Waals surface area contributed by atoms with Crippen LogP contribution in [0.3, 0.4) is 0 Å². The Morgan fingerprint density at radius 1 is 0.717 bits per heavy atom.